The largest absolute Gasteiger partial charge is 0.497 e. The Morgan fingerprint density at radius 1 is 1.11 bits per heavy atom. The summed E-state index contributed by atoms with van der Waals surface area (Å²) in [5.74, 6) is 1.94. The van der Waals surface area contributed by atoms with E-state index in [1.54, 1.807) is 24.8 Å². The first-order valence-electron chi connectivity index (χ1n) is 12.1. The van der Waals surface area contributed by atoms with Gasteiger partial charge in [0.25, 0.3) is 0 Å². The Balaban J connectivity index is 1.57. The van der Waals surface area contributed by atoms with E-state index in [0.717, 1.165) is 31.1 Å². The van der Waals surface area contributed by atoms with E-state index in [-0.39, 0.29) is 16.8 Å². The third kappa shape index (κ3) is 4.53. The number of rotatable bonds is 7. The smallest absolute Gasteiger partial charge is 0.226 e. The zero-order chi connectivity index (χ0) is 25.4. The van der Waals surface area contributed by atoms with Crippen LogP contribution in [-0.2, 0) is 6.54 Å². The summed E-state index contributed by atoms with van der Waals surface area (Å²) in [6.07, 6.45) is 0.946. The summed E-state index contributed by atoms with van der Waals surface area (Å²) in [6, 6.07) is 7.59. The number of nitrogens with one attached hydrogen (secondary N) is 2. The zero-order valence-electron chi connectivity index (χ0n) is 20.8. The summed E-state index contributed by atoms with van der Waals surface area (Å²) in [5.41, 5.74) is 1.25. The van der Waals surface area contributed by atoms with Crippen molar-refractivity contribution >= 4 is 22.5 Å². The van der Waals surface area contributed by atoms with Gasteiger partial charge in [0.2, 0.25) is 5.95 Å². The van der Waals surface area contributed by atoms with Gasteiger partial charge in [0.05, 0.1) is 19.6 Å². The van der Waals surface area contributed by atoms with E-state index in [0.29, 0.717) is 47.3 Å². The summed E-state index contributed by atoms with van der Waals surface area (Å²) in [5, 5.41) is 11.8. The fraction of sp³-hybridized carbons (Fsp3) is 0.423. The van der Waals surface area contributed by atoms with Crippen LogP contribution < -0.4 is 20.1 Å². The van der Waals surface area contributed by atoms with Crippen LogP contribution in [0.2, 0.25) is 0 Å². The van der Waals surface area contributed by atoms with E-state index in [2.05, 4.69) is 29.5 Å². The maximum Gasteiger partial charge on any atom is 0.226 e. The second-order valence-electron chi connectivity index (χ2n) is 9.55. The molecule has 1 saturated heterocycles. The van der Waals surface area contributed by atoms with Crippen molar-refractivity contribution in [1.29, 1.82) is 0 Å². The second-order valence-corrected chi connectivity index (χ2v) is 9.55. The number of piperidine rings is 1. The predicted molar refractivity (Wildman–Crippen MR) is 134 cm³/mol. The van der Waals surface area contributed by atoms with E-state index < -0.39 is 11.6 Å². The van der Waals surface area contributed by atoms with Crippen LogP contribution in [0.15, 0.2) is 30.3 Å². The molecule has 0 radical (unpaired) electrons. The van der Waals surface area contributed by atoms with Gasteiger partial charge in [0.1, 0.15) is 22.8 Å². The molecule has 0 saturated carbocycles. The van der Waals surface area contributed by atoms with Crippen molar-refractivity contribution in [1.82, 2.24) is 24.9 Å². The number of benzene rings is 2. The molecule has 2 atom stereocenters. The van der Waals surface area contributed by atoms with Gasteiger partial charge in [0.15, 0.2) is 17.3 Å². The third-order valence-electron chi connectivity index (χ3n) is 6.93. The number of aromatic nitrogens is 4. The highest BCUT2D eigenvalue weighted by Gasteiger charge is 2.29. The van der Waals surface area contributed by atoms with Crippen molar-refractivity contribution in [3.8, 4) is 11.5 Å². The third-order valence-corrected chi connectivity index (χ3v) is 6.93. The quantitative estimate of drug-likeness (QED) is 0.389. The lowest BCUT2D eigenvalue weighted by molar-refractivity contribution is 0.267. The fourth-order valence-electron chi connectivity index (χ4n) is 4.79. The lowest BCUT2D eigenvalue weighted by Gasteiger charge is -2.30. The molecule has 190 valence electrons. The Morgan fingerprint density at radius 3 is 2.69 bits per heavy atom. The lowest BCUT2D eigenvalue weighted by Crippen LogP contribution is -2.37. The van der Waals surface area contributed by atoms with Crippen molar-refractivity contribution in [3.63, 3.8) is 0 Å². The van der Waals surface area contributed by atoms with Crippen LogP contribution in [0.1, 0.15) is 37.6 Å². The van der Waals surface area contributed by atoms with Crippen LogP contribution in [0, 0.1) is 23.5 Å². The van der Waals surface area contributed by atoms with Crippen LogP contribution in [-0.4, -0.2) is 46.9 Å². The minimum Gasteiger partial charge on any atom is -0.497 e. The highest BCUT2D eigenvalue weighted by atomic mass is 19.1. The Morgan fingerprint density at radius 2 is 1.94 bits per heavy atom. The maximum absolute atomic E-state index is 14.8. The minimum atomic E-state index is -0.749. The standard InChI is InChI=1S/C26H30F2N6O2/c1-14(2)16-7-17(12-29-11-16)24-32-25-20-8-18(27)9-21(28)23(20)31-26(34(25)33-24)30-13-15-5-6-19(35-3)10-22(15)36-4/h5-6,8-10,14,16-17,29H,7,11-13H2,1-4H3,(H,30,31). The number of hydrogen-bond donors (Lipinski definition) is 2. The number of ether oxygens (including phenoxy) is 2. The molecule has 0 spiro atoms. The number of fused-ring (bicyclic) bond motifs is 3. The molecule has 3 heterocycles. The van der Waals surface area contributed by atoms with Gasteiger partial charge >= 0.3 is 0 Å². The summed E-state index contributed by atoms with van der Waals surface area (Å²) in [6.45, 7) is 6.46. The van der Waals surface area contributed by atoms with E-state index in [9.17, 15) is 8.78 Å². The Labute approximate surface area is 208 Å². The van der Waals surface area contributed by atoms with Crippen molar-refractivity contribution in [2.75, 3.05) is 32.6 Å². The molecular formula is C26H30F2N6O2. The Bertz CT molecular complexity index is 1410. The monoisotopic (exact) mass is 496 g/mol. The van der Waals surface area contributed by atoms with E-state index in [1.165, 1.54) is 6.07 Å². The van der Waals surface area contributed by atoms with Crippen LogP contribution >= 0.6 is 0 Å². The SMILES string of the molecule is COc1ccc(CNc2nc3c(F)cc(F)cc3c3nc(C4CNCC(C(C)C)C4)nn23)c(OC)c1. The zero-order valence-corrected chi connectivity index (χ0v) is 20.8. The van der Waals surface area contributed by atoms with Crippen LogP contribution in [0.25, 0.3) is 16.6 Å². The number of hydrogen-bond acceptors (Lipinski definition) is 7. The molecule has 2 N–H and O–H groups in total. The molecule has 8 nitrogen and oxygen atoms in total. The van der Waals surface area contributed by atoms with Gasteiger partial charge in [-0.1, -0.05) is 13.8 Å². The van der Waals surface area contributed by atoms with Crippen LogP contribution in [0.4, 0.5) is 14.7 Å². The highest BCUT2D eigenvalue weighted by molar-refractivity contribution is 5.92. The lowest BCUT2D eigenvalue weighted by atomic mass is 9.83. The van der Waals surface area contributed by atoms with Gasteiger partial charge in [-0.3, -0.25) is 0 Å². The van der Waals surface area contributed by atoms with Crippen molar-refractivity contribution in [2.45, 2.75) is 32.7 Å². The van der Waals surface area contributed by atoms with Gasteiger partial charge in [-0.2, -0.15) is 4.52 Å². The van der Waals surface area contributed by atoms with Crippen molar-refractivity contribution in [2.24, 2.45) is 11.8 Å². The van der Waals surface area contributed by atoms with Gasteiger partial charge in [-0.15, -0.1) is 5.10 Å². The molecule has 2 aromatic carbocycles. The second kappa shape index (κ2) is 9.85. The van der Waals surface area contributed by atoms with Crippen LogP contribution in [0.3, 0.4) is 0 Å². The summed E-state index contributed by atoms with van der Waals surface area (Å²) >= 11 is 0. The van der Waals surface area contributed by atoms with Crippen molar-refractivity contribution < 1.29 is 18.3 Å². The van der Waals surface area contributed by atoms with E-state index in [4.69, 9.17) is 19.6 Å². The molecular weight excluding hydrogens is 466 g/mol. The number of nitrogens with zero attached hydrogens (tertiary/aromatic N) is 4. The van der Waals surface area contributed by atoms with E-state index >= 15 is 0 Å². The molecule has 1 aliphatic rings. The first-order chi connectivity index (χ1) is 17.4. The van der Waals surface area contributed by atoms with Gasteiger partial charge in [-0.05, 0) is 43.0 Å². The molecule has 10 heteroatoms. The number of anilines is 1. The molecule has 0 amide bonds. The normalized spacial score (nSPS) is 18.2. The molecule has 0 bridgehead atoms. The predicted octanol–water partition coefficient (Wildman–Crippen LogP) is 4.53. The molecule has 2 unspecified atom stereocenters. The summed E-state index contributed by atoms with van der Waals surface area (Å²) < 4.78 is 41.3. The van der Waals surface area contributed by atoms with Crippen molar-refractivity contribution in [3.05, 3.63) is 53.4 Å². The summed E-state index contributed by atoms with van der Waals surface area (Å²) in [4.78, 5) is 9.25. The molecule has 2 aromatic heterocycles. The minimum absolute atomic E-state index is 0.0360. The van der Waals surface area contributed by atoms with E-state index in [1.807, 2.05) is 12.1 Å². The average molecular weight is 497 g/mol. The molecule has 5 rings (SSSR count). The first kappa shape index (κ1) is 24.2. The molecule has 36 heavy (non-hydrogen) atoms. The first-order valence-corrected chi connectivity index (χ1v) is 12.1. The Kier molecular flexibility index (Phi) is 6.61. The van der Waals surface area contributed by atoms with Gasteiger partial charge in [0, 0.05) is 36.7 Å². The maximum atomic E-state index is 14.8. The fourth-order valence-corrected chi connectivity index (χ4v) is 4.79. The topological polar surface area (TPSA) is 85.6 Å². The molecule has 4 aromatic rings. The Hall–Kier alpha value is -3.53. The number of methoxy groups -OCH3 is 2. The highest BCUT2D eigenvalue weighted by Crippen LogP contribution is 2.32. The number of halogens is 2. The average Bonchev–Trinajstić information content (AvgIpc) is 3.34. The molecule has 1 fully saturated rings. The van der Waals surface area contributed by atoms with Crippen LogP contribution in [0.5, 0.6) is 11.5 Å². The van der Waals surface area contributed by atoms with Gasteiger partial charge in [-0.25, -0.2) is 18.7 Å². The van der Waals surface area contributed by atoms with Gasteiger partial charge < -0.3 is 20.1 Å². The molecule has 0 aliphatic carbocycles. The molecule has 1 aliphatic heterocycles. The summed E-state index contributed by atoms with van der Waals surface area (Å²) in [7, 11) is 3.17.